The van der Waals surface area contributed by atoms with E-state index in [-0.39, 0.29) is 27.3 Å². The Bertz CT molecular complexity index is 471. The van der Waals surface area contributed by atoms with E-state index in [0.29, 0.717) is 6.61 Å². The number of amides is 2. The number of carbonyl (C=O) groups is 2. The molecule has 8 heteroatoms. The predicted octanol–water partition coefficient (Wildman–Crippen LogP) is 2.35. The number of ether oxygens (including phenoxy) is 1. The Hall–Kier alpha value is -1.01. The van der Waals surface area contributed by atoms with Gasteiger partial charge < -0.3 is 15.4 Å². The van der Waals surface area contributed by atoms with Crippen LogP contribution in [0.15, 0.2) is 12.1 Å². The second kappa shape index (κ2) is 7.55. The first-order valence-electron chi connectivity index (χ1n) is 5.18. The lowest BCUT2D eigenvalue weighted by molar-refractivity contribution is -0.136. The lowest BCUT2D eigenvalue weighted by Crippen LogP contribution is -2.37. The molecule has 1 rings (SSSR count). The topological polar surface area (TPSA) is 67.4 Å². The summed E-state index contributed by atoms with van der Waals surface area (Å²) >= 11 is 17.4. The number of hydrogen-bond donors (Lipinski definition) is 2. The zero-order chi connectivity index (χ0) is 14.4. The Labute approximate surface area is 125 Å². The Morgan fingerprint density at radius 3 is 2.26 bits per heavy atom. The van der Waals surface area contributed by atoms with Gasteiger partial charge in [0, 0.05) is 19.3 Å². The van der Waals surface area contributed by atoms with Crippen molar-refractivity contribution in [3.8, 4) is 0 Å². The molecule has 0 aliphatic carbocycles. The van der Waals surface area contributed by atoms with Crippen LogP contribution in [0.5, 0.6) is 0 Å². The third kappa shape index (κ3) is 4.87. The average molecular weight is 326 g/mol. The second-order valence-corrected chi connectivity index (χ2v) is 4.65. The van der Waals surface area contributed by atoms with Gasteiger partial charge in [-0.05, 0) is 12.1 Å². The number of benzene rings is 1. The highest BCUT2D eigenvalue weighted by atomic mass is 35.5. The molecule has 1 aromatic rings. The minimum atomic E-state index is -0.828. The fourth-order valence-corrected chi connectivity index (χ4v) is 1.76. The number of halogens is 3. The van der Waals surface area contributed by atoms with Crippen LogP contribution in [0.3, 0.4) is 0 Å². The summed E-state index contributed by atoms with van der Waals surface area (Å²) in [4.78, 5) is 22.9. The molecule has 0 aliphatic heterocycles. The van der Waals surface area contributed by atoms with E-state index in [1.807, 2.05) is 0 Å². The highest BCUT2D eigenvalue weighted by Crippen LogP contribution is 2.33. The van der Waals surface area contributed by atoms with E-state index >= 15 is 0 Å². The predicted molar refractivity (Wildman–Crippen MR) is 75.0 cm³/mol. The van der Waals surface area contributed by atoms with Crippen LogP contribution in [0.2, 0.25) is 15.1 Å². The van der Waals surface area contributed by atoms with Crippen molar-refractivity contribution in [3.63, 3.8) is 0 Å². The Morgan fingerprint density at radius 1 is 1.16 bits per heavy atom. The first-order chi connectivity index (χ1) is 8.95. The molecule has 1 aromatic carbocycles. The van der Waals surface area contributed by atoms with Crippen molar-refractivity contribution in [2.24, 2.45) is 0 Å². The molecular weight excluding hydrogens is 314 g/mol. The molecule has 0 spiro atoms. The largest absolute Gasteiger partial charge is 0.383 e. The minimum Gasteiger partial charge on any atom is -0.383 e. The first-order valence-corrected chi connectivity index (χ1v) is 6.31. The maximum atomic E-state index is 11.5. The molecule has 0 heterocycles. The van der Waals surface area contributed by atoms with E-state index < -0.39 is 11.8 Å². The molecule has 0 atom stereocenters. The fraction of sp³-hybridized carbons (Fsp3) is 0.273. The monoisotopic (exact) mass is 324 g/mol. The third-order valence-corrected chi connectivity index (χ3v) is 3.24. The van der Waals surface area contributed by atoms with Gasteiger partial charge in [-0.15, -0.1) is 0 Å². The summed E-state index contributed by atoms with van der Waals surface area (Å²) in [6.07, 6.45) is 0. The third-order valence-electron chi connectivity index (χ3n) is 2.04. The zero-order valence-electron chi connectivity index (χ0n) is 9.93. The summed E-state index contributed by atoms with van der Waals surface area (Å²) < 4.78 is 4.74. The molecule has 0 aliphatic rings. The van der Waals surface area contributed by atoms with Crippen LogP contribution in [0, 0.1) is 0 Å². The molecule has 0 radical (unpaired) electrons. The summed E-state index contributed by atoms with van der Waals surface area (Å²) in [5.74, 6) is -1.61. The van der Waals surface area contributed by atoms with E-state index in [2.05, 4.69) is 10.6 Å². The number of methoxy groups -OCH3 is 1. The van der Waals surface area contributed by atoms with E-state index in [0.717, 1.165) is 0 Å². The van der Waals surface area contributed by atoms with Crippen LogP contribution in [0.4, 0.5) is 5.69 Å². The molecule has 0 saturated heterocycles. The van der Waals surface area contributed by atoms with Crippen LogP contribution in [0.25, 0.3) is 0 Å². The molecule has 0 saturated carbocycles. The molecule has 5 nitrogen and oxygen atoms in total. The van der Waals surface area contributed by atoms with Crippen molar-refractivity contribution < 1.29 is 14.3 Å². The first kappa shape index (κ1) is 16.0. The smallest absolute Gasteiger partial charge is 0.313 e. The van der Waals surface area contributed by atoms with Crippen LogP contribution < -0.4 is 10.6 Å². The maximum absolute atomic E-state index is 11.5. The quantitative estimate of drug-likeness (QED) is 0.507. The summed E-state index contributed by atoms with van der Waals surface area (Å²) in [5, 5.41) is 5.29. The maximum Gasteiger partial charge on any atom is 0.313 e. The Balaban J connectivity index is 2.64. The number of hydrogen-bond acceptors (Lipinski definition) is 3. The van der Waals surface area contributed by atoms with Crippen molar-refractivity contribution in [3.05, 3.63) is 27.2 Å². The molecular formula is C11H11Cl3N2O3. The molecule has 19 heavy (non-hydrogen) atoms. The molecule has 104 valence electrons. The van der Waals surface area contributed by atoms with Gasteiger partial charge in [-0.3, -0.25) is 9.59 Å². The zero-order valence-corrected chi connectivity index (χ0v) is 12.2. The molecule has 0 bridgehead atoms. The minimum absolute atomic E-state index is 0.184. The Kier molecular flexibility index (Phi) is 6.37. The van der Waals surface area contributed by atoms with Crippen molar-refractivity contribution in [1.29, 1.82) is 0 Å². The second-order valence-electron chi connectivity index (χ2n) is 3.46. The number of anilines is 1. The normalized spacial score (nSPS) is 10.1. The van der Waals surface area contributed by atoms with E-state index in [4.69, 9.17) is 39.5 Å². The summed E-state index contributed by atoms with van der Waals surface area (Å²) in [5.41, 5.74) is 0.284. The number of rotatable bonds is 4. The van der Waals surface area contributed by atoms with Crippen LogP contribution in [0.1, 0.15) is 0 Å². The fourth-order valence-electron chi connectivity index (χ4n) is 1.16. The van der Waals surface area contributed by atoms with E-state index in [9.17, 15) is 9.59 Å². The molecule has 0 aromatic heterocycles. The van der Waals surface area contributed by atoms with Gasteiger partial charge in [-0.1, -0.05) is 34.8 Å². The van der Waals surface area contributed by atoms with Crippen molar-refractivity contribution >= 4 is 52.3 Å². The standard InChI is InChI=1S/C11H11Cl3N2O3/c1-19-3-2-15-10(17)11(18)16-6-4-7(12)9(14)8(13)5-6/h4-5H,2-3H2,1H3,(H,15,17)(H,16,18). The van der Waals surface area contributed by atoms with Gasteiger partial charge in [0.05, 0.1) is 21.7 Å². The van der Waals surface area contributed by atoms with Gasteiger partial charge in [0.25, 0.3) is 0 Å². The van der Waals surface area contributed by atoms with Gasteiger partial charge in [-0.2, -0.15) is 0 Å². The van der Waals surface area contributed by atoms with Gasteiger partial charge in [0.2, 0.25) is 0 Å². The van der Waals surface area contributed by atoms with Crippen LogP contribution in [-0.4, -0.2) is 32.1 Å². The van der Waals surface area contributed by atoms with E-state index in [1.54, 1.807) is 0 Å². The summed E-state index contributed by atoms with van der Waals surface area (Å²) in [6, 6.07) is 2.80. The Morgan fingerprint density at radius 2 is 1.74 bits per heavy atom. The molecule has 2 amide bonds. The van der Waals surface area contributed by atoms with Gasteiger partial charge in [0.1, 0.15) is 0 Å². The lowest BCUT2D eigenvalue weighted by atomic mass is 10.3. The highest BCUT2D eigenvalue weighted by Gasteiger charge is 2.14. The number of nitrogens with one attached hydrogen (secondary N) is 2. The molecule has 0 unspecified atom stereocenters. The summed E-state index contributed by atoms with van der Waals surface area (Å²) in [7, 11) is 1.49. The van der Waals surface area contributed by atoms with Crippen LogP contribution >= 0.6 is 34.8 Å². The average Bonchev–Trinajstić information content (AvgIpc) is 2.36. The lowest BCUT2D eigenvalue weighted by Gasteiger charge is -2.08. The highest BCUT2D eigenvalue weighted by molar-refractivity contribution is 6.48. The van der Waals surface area contributed by atoms with Gasteiger partial charge in [-0.25, -0.2) is 0 Å². The molecule has 0 fully saturated rings. The summed E-state index contributed by atoms with van der Waals surface area (Å²) in [6.45, 7) is 0.558. The molecule has 2 N–H and O–H groups in total. The number of carbonyl (C=O) groups excluding carboxylic acids is 2. The van der Waals surface area contributed by atoms with Crippen molar-refractivity contribution in [2.45, 2.75) is 0 Å². The van der Waals surface area contributed by atoms with Gasteiger partial charge >= 0.3 is 11.8 Å². The van der Waals surface area contributed by atoms with E-state index in [1.165, 1.54) is 19.2 Å². The van der Waals surface area contributed by atoms with Crippen molar-refractivity contribution in [1.82, 2.24) is 5.32 Å². The van der Waals surface area contributed by atoms with Crippen LogP contribution in [-0.2, 0) is 14.3 Å². The van der Waals surface area contributed by atoms with Crippen molar-refractivity contribution in [2.75, 3.05) is 25.6 Å². The SMILES string of the molecule is COCCNC(=O)C(=O)Nc1cc(Cl)c(Cl)c(Cl)c1. The van der Waals surface area contributed by atoms with Gasteiger partial charge in [0.15, 0.2) is 0 Å².